The van der Waals surface area contributed by atoms with E-state index in [0.717, 1.165) is 33.2 Å². The molecule has 2 atom stereocenters. The fourth-order valence-electron chi connectivity index (χ4n) is 7.07. The predicted octanol–water partition coefficient (Wildman–Crippen LogP) is 4.43. The number of para-hydroxylation sites is 1. The van der Waals surface area contributed by atoms with E-state index >= 15 is 0 Å². The zero-order chi connectivity index (χ0) is 29.9. The molecule has 10 heteroatoms. The molecular formula is C33H21N5O5. The van der Waals surface area contributed by atoms with Gasteiger partial charge in [-0.15, -0.1) is 0 Å². The summed E-state index contributed by atoms with van der Waals surface area (Å²) in [5, 5.41) is 25.3. The third kappa shape index (κ3) is 3.58. The number of anilines is 1. The van der Waals surface area contributed by atoms with Gasteiger partial charge in [-0.1, -0.05) is 66.7 Å². The van der Waals surface area contributed by atoms with E-state index in [1.54, 1.807) is 24.3 Å². The molecule has 1 aliphatic heterocycles. The molecule has 1 N–H and O–H groups in total. The van der Waals surface area contributed by atoms with E-state index in [9.17, 15) is 29.8 Å². The molecule has 4 aromatic carbocycles. The molecule has 208 valence electrons. The first kappa shape index (κ1) is 26.0. The van der Waals surface area contributed by atoms with Crippen molar-refractivity contribution in [2.75, 3.05) is 4.90 Å². The van der Waals surface area contributed by atoms with Crippen LogP contribution >= 0.6 is 0 Å². The zero-order valence-electron chi connectivity index (χ0n) is 22.4. The molecule has 10 nitrogen and oxygen atoms in total. The van der Waals surface area contributed by atoms with Crippen LogP contribution in [0.5, 0.6) is 0 Å². The van der Waals surface area contributed by atoms with Crippen LogP contribution in [0.15, 0.2) is 102 Å². The maximum atomic E-state index is 14.4. The Balaban J connectivity index is 1.39. The van der Waals surface area contributed by atoms with Crippen LogP contribution in [0.1, 0.15) is 44.1 Å². The summed E-state index contributed by atoms with van der Waals surface area (Å²) in [4.78, 5) is 53.4. The van der Waals surface area contributed by atoms with Gasteiger partial charge < -0.3 is 0 Å². The minimum absolute atomic E-state index is 0.0429. The molecule has 1 saturated heterocycles. The molecule has 43 heavy (non-hydrogen) atoms. The minimum atomic E-state index is -1.23. The van der Waals surface area contributed by atoms with E-state index in [2.05, 4.69) is 16.6 Å². The zero-order valence-corrected chi connectivity index (χ0v) is 22.4. The maximum absolute atomic E-state index is 14.4. The first-order valence-electron chi connectivity index (χ1n) is 13.5. The van der Waals surface area contributed by atoms with Crippen molar-refractivity contribution in [3.63, 3.8) is 0 Å². The molecule has 0 spiro atoms. The molecule has 0 unspecified atom stereocenters. The third-order valence-electron chi connectivity index (χ3n) is 8.70. The van der Waals surface area contributed by atoms with E-state index in [1.165, 1.54) is 24.4 Å². The molecule has 0 radical (unpaired) electrons. The van der Waals surface area contributed by atoms with E-state index < -0.39 is 45.8 Å². The van der Waals surface area contributed by atoms with Gasteiger partial charge in [-0.3, -0.25) is 24.5 Å². The monoisotopic (exact) mass is 567 g/mol. The molecular weight excluding hydrogens is 546 g/mol. The van der Waals surface area contributed by atoms with Crippen LogP contribution in [-0.4, -0.2) is 28.9 Å². The number of hydrogen-bond donors (Lipinski definition) is 1. The van der Waals surface area contributed by atoms with Crippen LogP contribution < -0.4 is 10.3 Å². The Morgan fingerprint density at radius 3 is 2.26 bits per heavy atom. The Kier molecular flexibility index (Phi) is 5.78. The molecule has 2 bridgehead atoms. The van der Waals surface area contributed by atoms with Crippen molar-refractivity contribution in [2.45, 2.75) is 11.3 Å². The number of carbonyl (C=O) groups is 3. The molecule has 4 aromatic rings. The molecule has 4 aliphatic rings. The van der Waals surface area contributed by atoms with Gasteiger partial charge in [-0.25, -0.2) is 10.3 Å². The lowest BCUT2D eigenvalue weighted by Gasteiger charge is -2.52. The Labute approximate surface area is 245 Å². The summed E-state index contributed by atoms with van der Waals surface area (Å²) in [5.41, 5.74) is 4.85. The molecule has 1 heterocycles. The highest BCUT2D eigenvalue weighted by molar-refractivity contribution is 6.25. The molecule has 3 amide bonds. The van der Waals surface area contributed by atoms with Crippen LogP contribution in [0.3, 0.4) is 0 Å². The van der Waals surface area contributed by atoms with Crippen molar-refractivity contribution < 1.29 is 19.3 Å². The number of non-ortho nitro benzene ring substituents is 1. The summed E-state index contributed by atoms with van der Waals surface area (Å²) in [6.45, 7) is 0. The van der Waals surface area contributed by atoms with Crippen LogP contribution in [0.4, 0.5) is 11.4 Å². The number of carbonyl (C=O) groups excluding carboxylic acids is 3. The van der Waals surface area contributed by atoms with Gasteiger partial charge >= 0.3 is 0 Å². The van der Waals surface area contributed by atoms with E-state index in [0.29, 0.717) is 0 Å². The summed E-state index contributed by atoms with van der Waals surface area (Å²) in [7, 11) is 0. The van der Waals surface area contributed by atoms with E-state index in [4.69, 9.17) is 0 Å². The first-order valence-corrected chi connectivity index (χ1v) is 13.5. The number of nitro benzene ring substituents is 1. The lowest BCUT2D eigenvalue weighted by atomic mass is 9.47. The summed E-state index contributed by atoms with van der Waals surface area (Å²) in [5.74, 6) is -3.60. The number of nitrogens with one attached hydrogen (secondary N) is 1. The normalized spacial score (nSPS) is 23.0. The average molecular weight is 568 g/mol. The Morgan fingerprint density at radius 1 is 0.930 bits per heavy atom. The van der Waals surface area contributed by atoms with Crippen molar-refractivity contribution in [1.82, 2.24) is 5.43 Å². The smallest absolute Gasteiger partial charge is 0.271 e. The van der Waals surface area contributed by atoms with Crippen molar-refractivity contribution in [3.8, 4) is 6.07 Å². The highest BCUT2D eigenvalue weighted by Gasteiger charge is 2.68. The Morgan fingerprint density at radius 2 is 1.58 bits per heavy atom. The minimum Gasteiger partial charge on any atom is -0.274 e. The number of amides is 3. The molecule has 8 rings (SSSR count). The highest BCUT2D eigenvalue weighted by atomic mass is 16.6. The van der Waals surface area contributed by atoms with Crippen LogP contribution in [0.25, 0.3) is 0 Å². The number of hydrogen-bond acceptors (Lipinski definition) is 7. The fraction of sp³-hybridized carbons (Fsp3) is 0.121. The van der Waals surface area contributed by atoms with Gasteiger partial charge in [0.2, 0.25) is 11.8 Å². The molecule has 1 fully saturated rings. The Bertz CT molecular complexity index is 1910. The van der Waals surface area contributed by atoms with Gasteiger partial charge in [0.15, 0.2) is 0 Å². The van der Waals surface area contributed by atoms with E-state index in [-0.39, 0.29) is 22.5 Å². The number of nitrogens with zero attached hydrogens (tertiary/aromatic N) is 4. The van der Waals surface area contributed by atoms with Crippen LogP contribution in [0.2, 0.25) is 0 Å². The van der Waals surface area contributed by atoms with Gasteiger partial charge in [0, 0.05) is 29.8 Å². The van der Waals surface area contributed by atoms with Gasteiger partial charge in [0.25, 0.3) is 11.6 Å². The number of nitro groups is 1. The second kappa shape index (κ2) is 9.56. The second-order valence-electron chi connectivity index (χ2n) is 10.7. The molecule has 0 saturated carbocycles. The first-order chi connectivity index (χ1) is 20.9. The van der Waals surface area contributed by atoms with E-state index in [1.807, 2.05) is 48.5 Å². The van der Waals surface area contributed by atoms with Crippen molar-refractivity contribution in [1.29, 1.82) is 5.26 Å². The lowest BCUT2D eigenvalue weighted by Crippen LogP contribution is -2.54. The number of nitriles is 1. The highest BCUT2D eigenvalue weighted by Crippen LogP contribution is 2.63. The Hall–Kier alpha value is -5.95. The largest absolute Gasteiger partial charge is 0.274 e. The predicted molar refractivity (Wildman–Crippen MR) is 155 cm³/mol. The topological polar surface area (TPSA) is 146 Å². The summed E-state index contributed by atoms with van der Waals surface area (Å²) in [6, 6.07) is 29.1. The van der Waals surface area contributed by atoms with Crippen molar-refractivity contribution >= 4 is 35.3 Å². The maximum Gasteiger partial charge on any atom is 0.271 e. The summed E-state index contributed by atoms with van der Waals surface area (Å²) in [6.07, 6.45) is 1.51. The quantitative estimate of drug-likeness (QED) is 0.163. The van der Waals surface area contributed by atoms with Crippen molar-refractivity contribution in [2.24, 2.45) is 16.9 Å². The standard InChI is InChI=1S/C33H21N5O5/c34-17-20-8-1-6-15-26(20)37-31(40)28-27-22-11-2-4-13-24(22)33(29(28)32(37)41,25-14-5-3-12-23(25)27)18-35-36-30(39)19-9-7-10-21(16-19)38(42)43/h1-16,18,27-29H,(H,36,39)/b35-18-/t27?,28-,29+,33?/m1/s1. The van der Waals surface area contributed by atoms with Gasteiger partial charge in [-0.05, 0) is 40.5 Å². The SMILES string of the molecule is N#Cc1ccccc1N1C(=O)[C@@H]2C3c4ccccc4C(/C=N\NC(=O)c4cccc([N+](=O)[O-])c4)(c4ccccc43)[C@@H]2C1=O. The molecule has 3 aliphatic carbocycles. The number of benzene rings is 4. The molecule has 0 aromatic heterocycles. The van der Waals surface area contributed by atoms with Crippen molar-refractivity contribution in [3.05, 3.63) is 141 Å². The number of hydrazone groups is 1. The van der Waals surface area contributed by atoms with Gasteiger partial charge in [-0.2, -0.15) is 10.4 Å². The number of rotatable bonds is 5. The average Bonchev–Trinajstić information content (AvgIpc) is 3.31. The van der Waals surface area contributed by atoms with Crippen LogP contribution in [0, 0.1) is 33.3 Å². The third-order valence-corrected chi connectivity index (χ3v) is 8.70. The fourth-order valence-corrected chi connectivity index (χ4v) is 7.07. The second-order valence-corrected chi connectivity index (χ2v) is 10.7. The lowest BCUT2D eigenvalue weighted by molar-refractivity contribution is -0.384. The summed E-state index contributed by atoms with van der Waals surface area (Å²) >= 11 is 0. The van der Waals surface area contributed by atoms with Crippen LogP contribution in [-0.2, 0) is 15.0 Å². The van der Waals surface area contributed by atoms with Gasteiger partial charge in [0.05, 0.1) is 33.4 Å². The van der Waals surface area contributed by atoms with Gasteiger partial charge in [0.1, 0.15) is 6.07 Å². The summed E-state index contributed by atoms with van der Waals surface area (Å²) < 4.78 is 0. The number of imide groups is 1.